The summed E-state index contributed by atoms with van der Waals surface area (Å²) >= 11 is 0. The van der Waals surface area contributed by atoms with Gasteiger partial charge in [-0.2, -0.15) is 0 Å². The van der Waals surface area contributed by atoms with Crippen LogP contribution in [0.5, 0.6) is 0 Å². The molecular formula is C14H25NO2. The highest BCUT2D eigenvalue weighted by atomic mass is 16.6. The quantitative estimate of drug-likeness (QED) is 0.715. The minimum absolute atomic E-state index is 0.00488. The topological polar surface area (TPSA) is 38.3 Å². The molecule has 1 N–H and O–H groups in total. The van der Waals surface area contributed by atoms with Crippen LogP contribution in [0.4, 0.5) is 0 Å². The molecule has 17 heavy (non-hydrogen) atoms. The summed E-state index contributed by atoms with van der Waals surface area (Å²) in [6.45, 7) is 6.94. The molecule has 2 atom stereocenters. The lowest BCUT2D eigenvalue weighted by Crippen LogP contribution is -2.46. The zero-order chi connectivity index (χ0) is 12.5. The number of carbonyl (C=O) groups excluding carboxylic acids is 1. The first kappa shape index (κ1) is 12.9. The molecule has 1 heterocycles. The minimum atomic E-state index is -0.356. The van der Waals surface area contributed by atoms with E-state index in [2.05, 4.69) is 5.32 Å². The molecule has 0 bridgehead atoms. The van der Waals surface area contributed by atoms with E-state index in [0.29, 0.717) is 0 Å². The van der Waals surface area contributed by atoms with Crippen molar-refractivity contribution in [1.29, 1.82) is 0 Å². The molecule has 3 nitrogen and oxygen atoms in total. The molecule has 3 heteroatoms. The van der Waals surface area contributed by atoms with Gasteiger partial charge in [0.1, 0.15) is 5.60 Å². The van der Waals surface area contributed by atoms with Crippen molar-refractivity contribution in [2.45, 2.75) is 70.4 Å². The highest BCUT2D eigenvalue weighted by molar-refractivity contribution is 5.73. The summed E-state index contributed by atoms with van der Waals surface area (Å²) in [7, 11) is 0. The molecule has 2 rings (SSSR count). The van der Waals surface area contributed by atoms with Crippen molar-refractivity contribution >= 4 is 5.97 Å². The normalized spacial score (nSPS) is 33.9. The first-order valence-corrected chi connectivity index (χ1v) is 6.88. The van der Waals surface area contributed by atoms with E-state index in [9.17, 15) is 4.79 Å². The van der Waals surface area contributed by atoms with Gasteiger partial charge in [0.15, 0.2) is 0 Å². The lowest BCUT2D eigenvalue weighted by atomic mass is 9.75. The van der Waals surface area contributed by atoms with E-state index >= 15 is 0 Å². The molecule has 0 aromatic carbocycles. The summed E-state index contributed by atoms with van der Waals surface area (Å²) in [6.07, 6.45) is 6.83. The summed E-state index contributed by atoms with van der Waals surface area (Å²) in [5, 5.41) is 3.61. The maximum Gasteiger partial charge on any atom is 0.309 e. The molecule has 2 unspecified atom stereocenters. The van der Waals surface area contributed by atoms with E-state index in [0.717, 1.165) is 25.8 Å². The molecule has 0 radical (unpaired) electrons. The Balaban J connectivity index is 1.95. The van der Waals surface area contributed by atoms with Crippen molar-refractivity contribution in [2.75, 3.05) is 6.54 Å². The van der Waals surface area contributed by atoms with Crippen molar-refractivity contribution in [2.24, 2.45) is 5.92 Å². The summed E-state index contributed by atoms with van der Waals surface area (Å²) in [5.41, 5.74) is -0.107. The van der Waals surface area contributed by atoms with Crippen LogP contribution in [-0.2, 0) is 9.53 Å². The molecule has 2 aliphatic rings. The molecule has 1 aliphatic carbocycles. The summed E-state index contributed by atoms with van der Waals surface area (Å²) in [6, 6.07) is 0. The van der Waals surface area contributed by atoms with Gasteiger partial charge in [-0.1, -0.05) is 6.42 Å². The van der Waals surface area contributed by atoms with Crippen molar-refractivity contribution in [3.8, 4) is 0 Å². The van der Waals surface area contributed by atoms with Gasteiger partial charge in [0.2, 0.25) is 0 Å². The SMILES string of the molecule is CC(C)(C)OC(=O)C1CCCC2(CCCN2)C1. The number of carbonyl (C=O) groups is 1. The highest BCUT2D eigenvalue weighted by Gasteiger charge is 2.41. The summed E-state index contributed by atoms with van der Waals surface area (Å²) < 4.78 is 5.51. The van der Waals surface area contributed by atoms with Gasteiger partial charge >= 0.3 is 5.97 Å². The molecule has 1 saturated heterocycles. The van der Waals surface area contributed by atoms with Crippen molar-refractivity contribution in [3.05, 3.63) is 0 Å². The first-order chi connectivity index (χ1) is 7.90. The molecule has 2 fully saturated rings. The van der Waals surface area contributed by atoms with Crippen LogP contribution >= 0.6 is 0 Å². The Hall–Kier alpha value is -0.570. The van der Waals surface area contributed by atoms with Gasteiger partial charge in [0.25, 0.3) is 0 Å². The molecule has 0 aromatic rings. The second kappa shape index (κ2) is 4.60. The first-order valence-electron chi connectivity index (χ1n) is 6.88. The lowest BCUT2D eigenvalue weighted by molar-refractivity contribution is -0.162. The van der Waals surface area contributed by atoms with E-state index in [1.165, 1.54) is 19.3 Å². The fraction of sp³-hybridized carbons (Fsp3) is 0.929. The third kappa shape index (κ3) is 3.21. The Morgan fingerprint density at radius 1 is 1.29 bits per heavy atom. The summed E-state index contributed by atoms with van der Waals surface area (Å²) in [4.78, 5) is 12.1. The Morgan fingerprint density at radius 2 is 2.00 bits per heavy atom. The van der Waals surface area contributed by atoms with E-state index in [4.69, 9.17) is 4.74 Å². The molecule has 1 aliphatic heterocycles. The van der Waals surface area contributed by atoms with Crippen LogP contribution in [0.1, 0.15) is 59.3 Å². The number of ether oxygens (including phenoxy) is 1. The largest absolute Gasteiger partial charge is 0.460 e. The van der Waals surface area contributed by atoms with Gasteiger partial charge in [-0.05, 0) is 59.4 Å². The lowest BCUT2D eigenvalue weighted by Gasteiger charge is -2.38. The molecule has 1 spiro atoms. The van der Waals surface area contributed by atoms with Crippen molar-refractivity contribution in [3.63, 3.8) is 0 Å². The van der Waals surface area contributed by atoms with E-state index in [1.807, 2.05) is 20.8 Å². The number of hydrogen-bond acceptors (Lipinski definition) is 3. The van der Waals surface area contributed by atoms with E-state index < -0.39 is 0 Å². The number of hydrogen-bond donors (Lipinski definition) is 1. The van der Waals surface area contributed by atoms with Crippen LogP contribution in [0, 0.1) is 5.92 Å². The van der Waals surface area contributed by atoms with Crippen molar-refractivity contribution in [1.82, 2.24) is 5.32 Å². The molecule has 0 amide bonds. The predicted octanol–water partition coefficient (Wildman–Crippen LogP) is 2.64. The predicted molar refractivity (Wildman–Crippen MR) is 67.8 cm³/mol. The van der Waals surface area contributed by atoms with Crippen LogP contribution in [0.25, 0.3) is 0 Å². The maximum atomic E-state index is 12.1. The van der Waals surface area contributed by atoms with Gasteiger partial charge in [-0.3, -0.25) is 4.79 Å². The van der Waals surface area contributed by atoms with Crippen LogP contribution in [0.3, 0.4) is 0 Å². The van der Waals surface area contributed by atoms with Gasteiger partial charge in [0, 0.05) is 5.54 Å². The van der Waals surface area contributed by atoms with Gasteiger partial charge < -0.3 is 10.1 Å². The average Bonchev–Trinajstić information content (AvgIpc) is 2.64. The van der Waals surface area contributed by atoms with Gasteiger partial charge in [-0.25, -0.2) is 0 Å². The van der Waals surface area contributed by atoms with Gasteiger partial charge in [0.05, 0.1) is 5.92 Å². The zero-order valence-electron chi connectivity index (χ0n) is 11.3. The van der Waals surface area contributed by atoms with Crippen LogP contribution in [0.15, 0.2) is 0 Å². The second-order valence-electron chi connectivity index (χ2n) is 6.64. The Labute approximate surface area is 104 Å². The summed E-state index contributed by atoms with van der Waals surface area (Å²) in [5.74, 6) is 0.110. The number of esters is 1. The highest BCUT2D eigenvalue weighted by Crippen LogP contribution is 2.38. The Bertz CT molecular complexity index is 287. The number of rotatable bonds is 1. The molecular weight excluding hydrogens is 214 g/mol. The average molecular weight is 239 g/mol. The van der Waals surface area contributed by atoms with Crippen LogP contribution in [0.2, 0.25) is 0 Å². The van der Waals surface area contributed by atoms with Crippen molar-refractivity contribution < 1.29 is 9.53 Å². The monoisotopic (exact) mass is 239 g/mol. The van der Waals surface area contributed by atoms with Crippen LogP contribution < -0.4 is 5.32 Å². The smallest absolute Gasteiger partial charge is 0.309 e. The Morgan fingerprint density at radius 3 is 2.59 bits per heavy atom. The third-order valence-electron chi connectivity index (χ3n) is 3.92. The zero-order valence-corrected chi connectivity index (χ0v) is 11.3. The minimum Gasteiger partial charge on any atom is -0.460 e. The molecule has 0 aromatic heterocycles. The fourth-order valence-corrected chi connectivity index (χ4v) is 3.21. The number of nitrogens with one attached hydrogen (secondary N) is 1. The maximum absolute atomic E-state index is 12.1. The third-order valence-corrected chi connectivity index (χ3v) is 3.92. The Kier molecular flexibility index (Phi) is 3.48. The van der Waals surface area contributed by atoms with Crippen LogP contribution in [-0.4, -0.2) is 23.7 Å². The standard InChI is InChI=1S/C14H25NO2/c1-13(2,3)17-12(16)11-6-4-7-14(10-11)8-5-9-15-14/h11,15H,4-10H2,1-3H3. The van der Waals surface area contributed by atoms with E-state index in [-0.39, 0.29) is 23.0 Å². The fourth-order valence-electron chi connectivity index (χ4n) is 3.21. The molecule has 1 saturated carbocycles. The van der Waals surface area contributed by atoms with Gasteiger partial charge in [-0.15, -0.1) is 0 Å². The molecule has 98 valence electrons. The van der Waals surface area contributed by atoms with E-state index in [1.54, 1.807) is 0 Å². The second-order valence-corrected chi connectivity index (χ2v) is 6.64.